The molecule has 0 aromatic heterocycles. The van der Waals surface area contributed by atoms with Gasteiger partial charge >= 0.3 is 0 Å². The number of ether oxygens (including phenoxy) is 1. The number of nitrogens with zero attached hydrogens (tertiary/aromatic N) is 1. The zero-order chi connectivity index (χ0) is 9.68. The van der Waals surface area contributed by atoms with E-state index in [1.807, 2.05) is 19.1 Å². The second-order valence-corrected chi connectivity index (χ2v) is 2.66. The normalized spacial score (nSPS) is 8.92. The molecule has 66 valence electrons. The summed E-state index contributed by atoms with van der Waals surface area (Å²) in [5, 5.41) is 8.62. The lowest BCUT2D eigenvalue weighted by molar-refractivity contribution is -0.129. The van der Waals surface area contributed by atoms with Crippen molar-refractivity contribution in [3.63, 3.8) is 0 Å². The Bertz CT molecular complexity index is 352. The molecule has 0 saturated heterocycles. The van der Waals surface area contributed by atoms with Crippen LogP contribution in [0.1, 0.15) is 16.7 Å². The standard InChI is InChI=1S/C10H9NO2/c1-8-2-3-9(5-11)4-10(8)6-13-7-12/h2-4,7H,6H2,1H3. The van der Waals surface area contributed by atoms with Gasteiger partial charge in [0.2, 0.25) is 0 Å². The van der Waals surface area contributed by atoms with Crippen molar-refractivity contribution in [3.05, 3.63) is 34.9 Å². The van der Waals surface area contributed by atoms with Crippen LogP contribution in [0.5, 0.6) is 0 Å². The molecule has 0 bridgehead atoms. The molecule has 0 aliphatic carbocycles. The van der Waals surface area contributed by atoms with E-state index in [1.165, 1.54) is 0 Å². The summed E-state index contributed by atoms with van der Waals surface area (Å²) in [4.78, 5) is 9.96. The van der Waals surface area contributed by atoms with Crippen LogP contribution in [-0.2, 0) is 16.1 Å². The molecule has 13 heavy (non-hydrogen) atoms. The summed E-state index contributed by atoms with van der Waals surface area (Å²) in [5.74, 6) is 0. The Labute approximate surface area is 76.6 Å². The molecule has 0 spiro atoms. The fourth-order valence-electron chi connectivity index (χ4n) is 1.02. The quantitative estimate of drug-likeness (QED) is 0.655. The van der Waals surface area contributed by atoms with Crippen molar-refractivity contribution < 1.29 is 9.53 Å². The maximum absolute atomic E-state index is 9.96. The fourth-order valence-corrected chi connectivity index (χ4v) is 1.02. The number of aryl methyl sites for hydroxylation is 1. The van der Waals surface area contributed by atoms with Gasteiger partial charge in [0.05, 0.1) is 11.6 Å². The van der Waals surface area contributed by atoms with Crippen LogP contribution in [0.15, 0.2) is 18.2 Å². The Balaban J connectivity index is 2.91. The molecule has 0 N–H and O–H groups in total. The van der Waals surface area contributed by atoms with Gasteiger partial charge in [0.25, 0.3) is 6.47 Å². The van der Waals surface area contributed by atoms with E-state index >= 15 is 0 Å². The molecule has 0 aliphatic heterocycles. The highest BCUT2D eigenvalue weighted by molar-refractivity contribution is 5.40. The smallest absolute Gasteiger partial charge is 0.293 e. The third-order valence-electron chi connectivity index (χ3n) is 1.79. The predicted octanol–water partition coefficient (Wildman–Crippen LogP) is 1.54. The van der Waals surface area contributed by atoms with Gasteiger partial charge < -0.3 is 4.74 Å². The minimum absolute atomic E-state index is 0.227. The van der Waals surface area contributed by atoms with Gasteiger partial charge in [-0.3, -0.25) is 4.79 Å². The van der Waals surface area contributed by atoms with Gasteiger partial charge in [0.1, 0.15) is 6.61 Å². The van der Waals surface area contributed by atoms with Crippen molar-refractivity contribution in [2.24, 2.45) is 0 Å². The average molecular weight is 175 g/mol. The molecular formula is C10H9NO2. The van der Waals surface area contributed by atoms with Crippen molar-refractivity contribution in [3.8, 4) is 6.07 Å². The van der Waals surface area contributed by atoms with Gasteiger partial charge in [-0.25, -0.2) is 0 Å². The number of hydrogen-bond acceptors (Lipinski definition) is 3. The summed E-state index contributed by atoms with van der Waals surface area (Å²) in [6.07, 6.45) is 0. The average Bonchev–Trinajstić information content (AvgIpc) is 2.17. The highest BCUT2D eigenvalue weighted by Crippen LogP contribution is 2.11. The van der Waals surface area contributed by atoms with E-state index in [2.05, 4.69) is 4.74 Å². The summed E-state index contributed by atoms with van der Waals surface area (Å²) in [5.41, 5.74) is 2.46. The molecule has 0 saturated carbocycles. The molecule has 3 nitrogen and oxygen atoms in total. The minimum Gasteiger partial charge on any atom is -0.463 e. The van der Waals surface area contributed by atoms with Gasteiger partial charge in [-0.15, -0.1) is 0 Å². The topological polar surface area (TPSA) is 50.1 Å². The number of benzene rings is 1. The second-order valence-electron chi connectivity index (χ2n) is 2.66. The van der Waals surface area contributed by atoms with Crippen LogP contribution in [0, 0.1) is 18.3 Å². The van der Waals surface area contributed by atoms with Gasteiger partial charge in [-0.2, -0.15) is 5.26 Å². The summed E-state index contributed by atoms with van der Waals surface area (Å²) in [6, 6.07) is 7.32. The van der Waals surface area contributed by atoms with Crippen molar-refractivity contribution in [2.45, 2.75) is 13.5 Å². The molecular weight excluding hydrogens is 166 g/mol. The van der Waals surface area contributed by atoms with Crippen LogP contribution in [0.25, 0.3) is 0 Å². The Kier molecular flexibility index (Phi) is 3.04. The molecule has 0 aliphatic rings. The van der Waals surface area contributed by atoms with Gasteiger partial charge in [0, 0.05) is 0 Å². The predicted molar refractivity (Wildman–Crippen MR) is 46.7 cm³/mol. The van der Waals surface area contributed by atoms with E-state index in [1.54, 1.807) is 12.1 Å². The maximum atomic E-state index is 9.96. The largest absolute Gasteiger partial charge is 0.463 e. The lowest BCUT2D eigenvalue weighted by atomic mass is 10.1. The molecule has 1 aromatic carbocycles. The van der Waals surface area contributed by atoms with Crippen molar-refractivity contribution in [1.29, 1.82) is 5.26 Å². The Hall–Kier alpha value is -1.82. The van der Waals surface area contributed by atoms with Gasteiger partial charge in [0.15, 0.2) is 0 Å². The van der Waals surface area contributed by atoms with Crippen LogP contribution >= 0.6 is 0 Å². The summed E-state index contributed by atoms with van der Waals surface area (Å²) < 4.78 is 4.61. The van der Waals surface area contributed by atoms with Crippen LogP contribution in [-0.4, -0.2) is 6.47 Å². The molecule has 0 radical (unpaired) electrons. The van der Waals surface area contributed by atoms with Crippen molar-refractivity contribution in [1.82, 2.24) is 0 Å². The number of carbonyl (C=O) groups excluding carboxylic acids is 1. The van der Waals surface area contributed by atoms with E-state index in [9.17, 15) is 4.79 Å². The molecule has 0 amide bonds. The van der Waals surface area contributed by atoms with E-state index in [-0.39, 0.29) is 6.61 Å². The Morgan fingerprint density at radius 1 is 1.62 bits per heavy atom. The van der Waals surface area contributed by atoms with Gasteiger partial charge in [-0.1, -0.05) is 6.07 Å². The molecule has 0 atom stereocenters. The van der Waals surface area contributed by atoms with Gasteiger partial charge in [-0.05, 0) is 30.2 Å². The number of carbonyl (C=O) groups is 1. The molecule has 1 rings (SSSR count). The highest BCUT2D eigenvalue weighted by Gasteiger charge is 1.99. The number of nitriles is 1. The fraction of sp³-hybridized carbons (Fsp3) is 0.200. The van der Waals surface area contributed by atoms with Crippen LogP contribution in [0.4, 0.5) is 0 Å². The van der Waals surface area contributed by atoms with E-state index in [0.29, 0.717) is 12.0 Å². The minimum atomic E-state index is 0.227. The summed E-state index contributed by atoms with van der Waals surface area (Å²) in [6.45, 7) is 2.54. The first-order valence-corrected chi connectivity index (χ1v) is 3.83. The Morgan fingerprint density at radius 3 is 3.00 bits per heavy atom. The lowest BCUT2D eigenvalue weighted by Gasteiger charge is -2.03. The third kappa shape index (κ3) is 2.31. The molecule has 1 aromatic rings. The first kappa shape index (κ1) is 9.27. The third-order valence-corrected chi connectivity index (χ3v) is 1.79. The molecule has 0 heterocycles. The summed E-state index contributed by atoms with van der Waals surface area (Å²) in [7, 11) is 0. The number of hydrogen-bond donors (Lipinski definition) is 0. The maximum Gasteiger partial charge on any atom is 0.293 e. The van der Waals surface area contributed by atoms with Crippen molar-refractivity contribution in [2.75, 3.05) is 0 Å². The zero-order valence-corrected chi connectivity index (χ0v) is 7.28. The molecule has 3 heteroatoms. The van der Waals surface area contributed by atoms with Crippen LogP contribution < -0.4 is 0 Å². The van der Waals surface area contributed by atoms with Crippen LogP contribution in [0.2, 0.25) is 0 Å². The van der Waals surface area contributed by atoms with Crippen molar-refractivity contribution >= 4 is 6.47 Å². The monoisotopic (exact) mass is 175 g/mol. The number of rotatable bonds is 3. The lowest BCUT2D eigenvalue weighted by Crippen LogP contribution is -1.94. The van der Waals surface area contributed by atoms with Crippen LogP contribution in [0.3, 0.4) is 0 Å². The van der Waals surface area contributed by atoms with E-state index in [4.69, 9.17) is 5.26 Å². The summed E-state index contributed by atoms with van der Waals surface area (Å²) >= 11 is 0. The SMILES string of the molecule is Cc1ccc(C#N)cc1COC=O. The molecule has 0 fully saturated rings. The van der Waals surface area contributed by atoms with E-state index in [0.717, 1.165) is 11.1 Å². The first-order valence-electron chi connectivity index (χ1n) is 3.83. The first-order chi connectivity index (χ1) is 6.27. The molecule has 0 unspecified atom stereocenters. The second kappa shape index (κ2) is 4.27. The Morgan fingerprint density at radius 2 is 2.38 bits per heavy atom. The van der Waals surface area contributed by atoms with E-state index < -0.39 is 0 Å². The zero-order valence-electron chi connectivity index (χ0n) is 7.28. The highest BCUT2D eigenvalue weighted by atomic mass is 16.5.